The number of ether oxygens (including phenoxy) is 3. The predicted octanol–water partition coefficient (Wildman–Crippen LogP) is 4.89. The molecule has 0 aliphatic carbocycles. The maximum atomic E-state index is 14.1. The molecule has 0 spiro atoms. The molecule has 9 heteroatoms. The van der Waals surface area contributed by atoms with Crippen LogP contribution in [-0.2, 0) is 9.84 Å². The Bertz CT molecular complexity index is 1380. The SMILES string of the molecule is CCOc1ccc(N2C=C(C(=O)c3ccc(OC)c(OC)c3)S(=O)(=O)c3ccc(F)cc32)cc1. The second-order valence-corrected chi connectivity index (χ2v) is 9.19. The molecule has 1 aliphatic rings. The zero-order valence-corrected chi connectivity index (χ0v) is 19.6. The topological polar surface area (TPSA) is 82.1 Å². The molecule has 1 heterocycles. The lowest BCUT2D eigenvalue weighted by Gasteiger charge is -2.29. The van der Waals surface area contributed by atoms with Crippen molar-refractivity contribution in [1.82, 2.24) is 0 Å². The average molecular weight is 484 g/mol. The first-order chi connectivity index (χ1) is 16.3. The van der Waals surface area contributed by atoms with E-state index in [9.17, 15) is 17.6 Å². The van der Waals surface area contributed by atoms with Crippen LogP contribution in [0.1, 0.15) is 17.3 Å². The first-order valence-electron chi connectivity index (χ1n) is 10.4. The molecule has 3 aromatic rings. The van der Waals surface area contributed by atoms with E-state index in [1.165, 1.54) is 43.5 Å². The molecule has 0 atom stereocenters. The Labute approximate surface area is 196 Å². The number of rotatable bonds is 7. The van der Waals surface area contributed by atoms with Gasteiger partial charge in [-0.15, -0.1) is 0 Å². The van der Waals surface area contributed by atoms with E-state index >= 15 is 0 Å². The van der Waals surface area contributed by atoms with Crippen molar-refractivity contribution in [2.75, 3.05) is 25.7 Å². The highest BCUT2D eigenvalue weighted by Crippen LogP contribution is 2.41. The molecule has 0 fully saturated rings. The molecule has 0 amide bonds. The zero-order valence-electron chi connectivity index (χ0n) is 18.7. The van der Waals surface area contributed by atoms with Gasteiger partial charge in [-0.25, -0.2) is 12.8 Å². The van der Waals surface area contributed by atoms with E-state index in [1.807, 2.05) is 6.92 Å². The van der Waals surface area contributed by atoms with Gasteiger partial charge in [0.1, 0.15) is 16.5 Å². The highest BCUT2D eigenvalue weighted by molar-refractivity contribution is 7.96. The summed E-state index contributed by atoms with van der Waals surface area (Å²) in [4.78, 5) is 14.3. The molecule has 176 valence electrons. The summed E-state index contributed by atoms with van der Waals surface area (Å²) < 4.78 is 56.8. The van der Waals surface area contributed by atoms with E-state index in [0.29, 0.717) is 23.8 Å². The fraction of sp³-hybridized carbons (Fsp3) is 0.160. The lowest BCUT2D eigenvalue weighted by molar-refractivity contribution is 0.104. The van der Waals surface area contributed by atoms with Crippen molar-refractivity contribution in [3.8, 4) is 17.2 Å². The van der Waals surface area contributed by atoms with Crippen LogP contribution < -0.4 is 19.1 Å². The van der Waals surface area contributed by atoms with Gasteiger partial charge in [0.05, 0.1) is 31.4 Å². The van der Waals surface area contributed by atoms with Crippen LogP contribution in [0, 0.1) is 5.82 Å². The molecule has 4 rings (SSSR count). The van der Waals surface area contributed by atoms with Crippen LogP contribution in [0.4, 0.5) is 15.8 Å². The molecule has 1 aliphatic heterocycles. The average Bonchev–Trinajstić information content (AvgIpc) is 2.84. The van der Waals surface area contributed by atoms with Gasteiger partial charge in [0.2, 0.25) is 15.6 Å². The molecule has 0 N–H and O–H groups in total. The van der Waals surface area contributed by atoms with Gasteiger partial charge in [0.25, 0.3) is 0 Å². The normalized spacial score (nSPS) is 14.1. The maximum absolute atomic E-state index is 14.1. The minimum Gasteiger partial charge on any atom is -0.494 e. The fourth-order valence-corrected chi connectivity index (χ4v) is 5.19. The smallest absolute Gasteiger partial charge is 0.214 e. The number of Topliss-reactive ketones (excluding diaryl/α,β-unsaturated/α-hetero) is 1. The van der Waals surface area contributed by atoms with Gasteiger partial charge in [-0.1, -0.05) is 0 Å². The minimum atomic E-state index is -4.23. The van der Waals surface area contributed by atoms with Crippen LogP contribution >= 0.6 is 0 Å². The first kappa shape index (κ1) is 23.3. The molecule has 0 saturated heterocycles. The third-order valence-electron chi connectivity index (χ3n) is 5.30. The number of ketones is 1. The zero-order chi connectivity index (χ0) is 24.5. The van der Waals surface area contributed by atoms with E-state index < -0.39 is 26.3 Å². The monoisotopic (exact) mass is 483 g/mol. The fourth-order valence-electron chi connectivity index (χ4n) is 3.66. The van der Waals surface area contributed by atoms with Gasteiger partial charge < -0.3 is 19.1 Å². The number of sulfone groups is 1. The maximum Gasteiger partial charge on any atom is 0.214 e. The lowest BCUT2D eigenvalue weighted by atomic mass is 10.1. The quantitative estimate of drug-likeness (QED) is 0.350. The number of hydrogen-bond acceptors (Lipinski definition) is 7. The van der Waals surface area contributed by atoms with Crippen molar-refractivity contribution in [2.24, 2.45) is 0 Å². The van der Waals surface area contributed by atoms with Crippen molar-refractivity contribution >= 4 is 27.0 Å². The molecular weight excluding hydrogens is 461 g/mol. The van der Waals surface area contributed by atoms with Gasteiger partial charge in [-0.05, 0) is 67.6 Å². The molecular formula is C25H22FNO6S. The van der Waals surface area contributed by atoms with Crippen molar-refractivity contribution in [3.05, 3.63) is 83.1 Å². The summed E-state index contributed by atoms with van der Waals surface area (Å²) in [6, 6.07) is 14.6. The highest BCUT2D eigenvalue weighted by Gasteiger charge is 2.36. The number of benzene rings is 3. The number of nitrogens with zero attached hydrogens (tertiary/aromatic N) is 1. The van der Waals surface area contributed by atoms with Gasteiger partial charge in [0, 0.05) is 17.5 Å². The highest BCUT2D eigenvalue weighted by atomic mass is 32.2. The Kier molecular flexibility index (Phi) is 6.30. The number of halogens is 1. The van der Waals surface area contributed by atoms with Gasteiger partial charge in [0.15, 0.2) is 11.5 Å². The predicted molar refractivity (Wildman–Crippen MR) is 125 cm³/mol. The summed E-state index contributed by atoms with van der Waals surface area (Å²) in [5, 5.41) is 0. The standard InChI is InChI=1S/C25H22FNO6S/c1-4-33-19-9-7-18(8-10-19)27-15-24(34(29,30)23-12-6-17(26)14-20(23)27)25(28)16-5-11-21(31-2)22(13-16)32-3/h5-15H,4H2,1-3H3. The van der Waals surface area contributed by atoms with Crippen molar-refractivity contribution in [3.63, 3.8) is 0 Å². The molecule has 0 unspecified atom stereocenters. The molecule has 7 nitrogen and oxygen atoms in total. The Morgan fingerprint density at radius 3 is 2.29 bits per heavy atom. The Morgan fingerprint density at radius 1 is 0.941 bits per heavy atom. The second kappa shape index (κ2) is 9.18. The lowest BCUT2D eigenvalue weighted by Crippen LogP contribution is -2.26. The minimum absolute atomic E-state index is 0.102. The number of carbonyl (C=O) groups is 1. The van der Waals surface area contributed by atoms with Crippen LogP contribution in [0.3, 0.4) is 0 Å². The van der Waals surface area contributed by atoms with E-state index in [1.54, 1.807) is 24.3 Å². The second-order valence-electron chi connectivity index (χ2n) is 7.30. The molecule has 3 aromatic carbocycles. The van der Waals surface area contributed by atoms with Crippen molar-refractivity contribution < 1.29 is 31.8 Å². The van der Waals surface area contributed by atoms with E-state index in [2.05, 4.69) is 0 Å². The van der Waals surface area contributed by atoms with Gasteiger partial charge in [-0.2, -0.15) is 0 Å². The summed E-state index contributed by atoms with van der Waals surface area (Å²) >= 11 is 0. The molecule has 34 heavy (non-hydrogen) atoms. The van der Waals surface area contributed by atoms with E-state index in [0.717, 1.165) is 18.2 Å². The molecule has 0 aromatic heterocycles. The van der Waals surface area contributed by atoms with Gasteiger partial charge in [-0.3, -0.25) is 4.79 Å². The Morgan fingerprint density at radius 2 is 1.65 bits per heavy atom. The van der Waals surface area contributed by atoms with Gasteiger partial charge >= 0.3 is 0 Å². The summed E-state index contributed by atoms with van der Waals surface area (Å²) in [5.41, 5.74) is 0.737. The third kappa shape index (κ3) is 4.10. The van der Waals surface area contributed by atoms with Crippen molar-refractivity contribution in [2.45, 2.75) is 11.8 Å². The van der Waals surface area contributed by atoms with Crippen LogP contribution in [0.25, 0.3) is 0 Å². The van der Waals surface area contributed by atoms with Crippen LogP contribution in [-0.4, -0.2) is 35.0 Å². The molecule has 0 bridgehead atoms. The summed E-state index contributed by atoms with van der Waals surface area (Å²) in [6.45, 7) is 2.34. The molecule has 0 saturated carbocycles. The Balaban J connectivity index is 1.86. The van der Waals surface area contributed by atoms with E-state index in [-0.39, 0.29) is 21.9 Å². The Hall–Kier alpha value is -3.85. The third-order valence-corrected chi connectivity index (χ3v) is 7.10. The van der Waals surface area contributed by atoms with Crippen molar-refractivity contribution in [1.29, 1.82) is 0 Å². The number of anilines is 2. The largest absolute Gasteiger partial charge is 0.494 e. The first-order valence-corrected chi connectivity index (χ1v) is 11.8. The van der Waals surface area contributed by atoms with E-state index in [4.69, 9.17) is 14.2 Å². The number of fused-ring (bicyclic) bond motifs is 1. The van der Waals surface area contributed by atoms with Crippen LogP contribution in [0.5, 0.6) is 17.2 Å². The van der Waals surface area contributed by atoms with Crippen LogP contribution in [0.15, 0.2) is 76.7 Å². The number of hydrogen-bond donors (Lipinski definition) is 0. The number of carbonyl (C=O) groups excluding carboxylic acids is 1. The molecule has 0 radical (unpaired) electrons. The summed E-state index contributed by atoms with van der Waals surface area (Å²) in [5.74, 6) is -0.0230. The summed E-state index contributed by atoms with van der Waals surface area (Å²) in [6.07, 6.45) is 1.21. The number of methoxy groups -OCH3 is 2. The number of allylic oxidation sites excluding steroid dienone is 1. The summed E-state index contributed by atoms with van der Waals surface area (Å²) in [7, 11) is -1.36. The van der Waals surface area contributed by atoms with Crippen LogP contribution in [0.2, 0.25) is 0 Å².